The second-order valence-corrected chi connectivity index (χ2v) is 14.1. The number of unbranched alkanes of at least 4 members (excludes halogenated alkanes) is 1. The third-order valence-corrected chi connectivity index (χ3v) is 10.6. The first kappa shape index (κ1) is 36.2. The zero-order valence-electron chi connectivity index (χ0n) is 29.6. The van der Waals surface area contributed by atoms with Crippen molar-refractivity contribution in [2.45, 2.75) is 95.7 Å². The summed E-state index contributed by atoms with van der Waals surface area (Å²) in [6.07, 6.45) is 9.41. The molecule has 0 radical (unpaired) electrons. The quantitative estimate of drug-likeness (QED) is 0.284. The van der Waals surface area contributed by atoms with Crippen molar-refractivity contribution in [2.24, 2.45) is 5.92 Å². The summed E-state index contributed by atoms with van der Waals surface area (Å²) in [5.74, 6) is -0.598. The highest BCUT2D eigenvalue weighted by molar-refractivity contribution is 5.96. The number of likely N-dealkylation sites (tertiary alicyclic amines) is 1. The summed E-state index contributed by atoms with van der Waals surface area (Å²) < 4.78 is 12.8. The summed E-state index contributed by atoms with van der Waals surface area (Å²) in [4.78, 5) is 71.2. The summed E-state index contributed by atoms with van der Waals surface area (Å²) in [5, 5.41) is 10.6. The van der Waals surface area contributed by atoms with E-state index in [1.54, 1.807) is 14.7 Å². The van der Waals surface area contributed by atoms with Crippen LogP contribution in [0.5, 0.6) is 5.88 Å². The Kier molecular flexibility index (Phi) is 12.1. The van der Waals surface area contributed by atoms with Crippen LogP contribution < -0.4 is 15.4 Å². The minimum atomic E-state index is -0.753. The molecule has 51 heavy (non-hydrogen) atoms. The maximum absolute atomic E-state index is 13.8. The van der Waals surface area contributed by atoms with Gasteiger partial charge in [-0.15, -0.1) is 0 Å². The number of amides is 5. The second kappa shape index (κ2) is 17.1. The molecule has 2 unspecified atom stereocenters. The fourth-order valence-corrected chi connectivity index (χ4v) is 6.98. The van der Waals surface area contributed by atoms with Crippen LogP contribution in [0.2, 0.25) is 0 Å². The van der Waals surface area contributed by atoms with E-state index in [-0.39, 0.29) is 48.0 Å². The lowest BCUT2D eigenvalue weighted by molar-refractivity contribution is -0.140. The van der Waals surface area contributed by atoms with E-state index in [9.17, 15) is 24.0 Å². The lowest BCUT2D eigenvalue weighted by Crippen LogP contribution is -2.56. The number of benzene rings is 1. The van der Waals surface area contributed by atoms with E-state index >= 15 is 0 Å². The predicted molar refractivity (Wildman–Crippen MR) is 187 cm³/mol. The molecule has 2 aliphatic carbocycles. The van der Waals surface area contributed by atoms with Gasteiger partial charge in [-0.25, -0.2) is 9.48 Å². The monoisotopic (exact) mass is 705 g/mol. The number of nitrogens with zero attached hydrogens (tertiary/aromatic N) is 5. The van der Waals surface area contributed by atoms with E-state index in [1.165, 1.54) is 10.7 Å². The molecule has 2 aliphatic heterocycles. The first-order chi connectivity index (χ1) is 24.8. The molecule has 14 heteroatoms. The third kappa shape index (κ3) is 9.01. The molecule has 0 bridgehead atoms. The summed E-state index contributed by atoms with van der Waals surface area (Å²) in [6.45, 7) is 4.01. The van der Waals surface area contributed by atoms with Gasteiger partial charge in [-0.1, -0.05) is 50.8 Å². The minimum absolute atomic E-state index is 0.0475. The molecule has 2 saturated carbocycles. The molecule has 5 amide bonds. The number of carbonyl (C=O) groups excluding carboxylic acids is 5. The van der Waals surface area contributed by atoms with Crippen molar-refractivity contribution in [3.8, 4) is 11.6 Å². The Labute approximate surface area is 299 Å². The van der Waals surface area contributed by atoms with Crippen LogP contribution in [0.15, 0.2) is 36.4 Å². The summed E-state index contributed by atoms with van der Waals surface area (Å²) in [6, 6.07) is 9.55. The molecule has 2 N–H and O–H groups in total. The molecule has 14 nitrogen and oxygen atoms in total. The van der Waals surface area contributed by atoms with Crippen LogP contribution in [-0.4, -0.2) is 118 Å². The third-order valence-electron chi connectivity index (χ3n) is 10.6. The predicted octanol–water partition coefficient (Wildman–Crippen LogP) is 3.28. The molecule has 3 heterocycles. The number of hydrogen-bond acceptors (Lipinski definition) is 8. The zero-order chi connectivity index (χ0) is 35.7. The standard InChI is InChI=1S/C37H51N7O7/c1-2-3-22-50-37(49)42-20-18-41(19-21-42)36(48)30(23-26-10-7-11-26)39-34(46)29-24-33(44(40-29)28-14-5-4-6-15-28)51-25-32(45)43-17-9-16-31(43)35(47)38-27-12-8-13-27/h4-6,14-15,24,26-27,30-31H,2-3,7-13,16-23,25H2,1H3,(H,38,47)(H,39,46). The van der Waals surface area contributed by atoms with E-state index in [4.69, 9.17) is 9.47 Å². The Bertz CT molecular complexity index is 1530. The average molecular weight is 706 g/mol. The number of carbonyl (C=O) groups is 5. The number of rotatable bonds is 14. The van der Waals surface area contributed by atoms with Crippen molar-refractivity contribution in [1.29, 1.82) is 0 Å². The van der Waals surface area contributed by atoms with Crippen LogP contribution in [0.4, 0.5) is 4.79 Å². The summed E-state index contributed by atoms with van der Waals surface area (Å²) in [5.41, 5.74) is 0.678. The van der Waals surface area contributed by atoms with Gasteiger partial charge in [0.15, 0.2) is 12.3 Å². The van der Waals surface area contributed by atoms with Gasteiger partial charge in [0, 0.05) is 44.8 Å². The number of hydrogen-bond donors (Lipinski definition) is 2. The van der Waals surface area contributed by atoms with E-state index < -0.39 is 18.0 Å². The molecule has 4 aliphatic rings. The minimum Gasteiger partial charge on any atom is -0.467 e. The fourth-order valence-electron chi connectivity index (χ4n) is 6.98. The molecule has 2 saturated heterocycles. The van der Waals surface area contributed by atoms with Crippen LogP contribution in [0.25, 0.3) is 5.69 Å². The number of aromatic nitrogens is 2. The van der Waals surface area contributed by atoms with Gasteiger partial charge >= 0.3 is 6.09 Å². The molecule has 1 aromatic heterocycles. The van der Waals surface area contributed by atoms with Crippen LogP contribution in [0, 0.1) is 5.92 Å². The van der Waals surface area contributed by atoms with Gasteiger partial charge in [-0.3, -0.25) is 19.2 Å². The molecule has 2 atom stereocenters. The Balaban J connectivity index is 1.11. The van der Waals surface area contributed by atoms with Crippen LogP contribution in [-0.2, 0) is 19.1 Å². The first-order valence-corrected chi connectivity index (χ1v) is 18.7. The van der Waals surface area contributed by atoms with Gasteiger partial charge in [0.1, 0.15) is 12.1 Å². The van der Waals surface area contributed by atoms with Crippen molar-refractivity contribution in [1.82, 2.24) is 35.1 Å². The van der Waals surface area contributed by atoms with Crippen molar-refractivity contribution >= 4 is 29.7 Å². The van der Waals surface area contributed by atoms with Crippen LogP contribution in [0.1, 0.15) is 88.0 Å². The van der Waals surface area contributed by atoms with Gasteiger partial charge in [-0.05, 0) is 63.0 Å². The molecular weight excluding hydrogens is 654 g/mol. The fraction of sp³-hybridized carbons (Fsp3) is 0.622. The van der Waals surface area contributed by atoms with E-state index in [2.05, 4.69) is 15.7 Å². The Hall–Kier alpha value is -4.62. The zero-order valence-corrected chi connectivity index (χ0v) is 29.6. The Morgan fingerprint density at radius 2 is 1.63 bits per heavy atom. The highest BCUT2D eigenvalue weighted by Crippen LogP contribution is 2.31. The molecular formula is C37H51N7O7. The number of ether oxygens (including phenoxy) is 2. The van der Waals surface area contributed by atoms with Crippen LogP contribution in [0.3, 0.4) is 0 Å². The van der Waals surface area contributed by atoms with Crippen molar-refractivity contribution in [3.05, 3.63) is 42.1 Å². The normalized spacial score (nSPS) is 19.9. The Morgan fingerprint density at radius 3 is 2.29 bits per heavy atom. The maximum Gasteiger partial charge on any atom is 0.409 e. The van der Waals surface area contributed by atoms with Gasteiger partial charge in [-0.2, -0.15) is 5.10 Å². The summed E-state index contributed by atoms with van der Waals surface area (Å²) >= 11 is 0. The van der Waals surface area contributed by atoms with Gasteiger partial charge < -0.3 is 34.8 Å². The van der Waals surface area contributed by atoms with Gasteiger partial charge in [0.2, 0.25) is 17.7 Å². The van der Waals surface area contributed by atoms with Gasteiger partial charge in [0.05, 0.1) is 12.3 Å². The molecule has 4 fully saturated rings. The Morgan fingerprint density at radius 1 is 0.902 bits per heavy atom. The smallest absolute Gasteiger partial charge is 0.409 e. The highest BCUT2D eigenvalue weighted by atomic mass is 16.6. The molecule has 6 rings (SSSR count). The lowest BCUT2D eigenvalue weighted by Gasteiger charge is -2.37. The van der Waals surface area contributed by atoms with Crippen molar-refractivity contribution in [3.63, 3.8) is 0 Å². The topological polar surface area (TPSA) is 155 Å². The number of piperazine rings is 1. The van der Waals surface area contributed by atoms with Crippen molar-refractivity contribution < 1.29 is 33.4 Å². The molecule has 0 spiro atoms. The largest absolute Gasteiger partial charge is 0.467 e. The number of para-hydroxylation sites is 1. The molecule has 276 valence electrons. The molecule has 1 aromatic carbocycles. The average Bonchev–Trinajstić information content (AvgIpc) is 3.78. The van der Waals surface area contributed by atoms with Crippen LogP contribution >= 0.6 is 0 Å². The van der Waals surface area contributed by atoms with E-state index in [1.807, 2.05) is 37.3 Å². The van der Waals surface area contributed by atoms with Gasteiger partial charge in [0.25, 0.3) is 11.8 Å². The van der Waals surface area contributed by atoms with E-state index in [0.717, 1.165) is 57.8 Å². The number of nitrogens with one attached hydrogen (secondary N) is 2. The highest BCUT2D eigenvalue weighted by Gasteiger charge is 2.37. The SMILES string of the molecule is CCCCOC(=O)N1CCN(C(=O)C(CC2CCC2)NC(=O)c2cc(OCC(=O)N3CCCC3C(=O)NC3CCC3)n(-c3ccccc3)n2)CC1. The second-order valence-electron chi connectivity index (χ2n) is 14.1. The summed E-state index contributed by atoms with van der Waals surface area (Å²) in [7, 11) is 0. The first-order valence-electron chi connectivity index (χ1n) is 18.7. The van der Waals surface area contributed by atoms with Crippen molar-refractivity contribution in [2.75, 3.05) is 45.9 Å². The lowest BCUT2D eigenvalue weighted by atomic mass is 9.80. The van der Waals surface area contributed by atoms with E-state index in [0.29, 0.717) is 63.8 Å². The maximum atomic E-state index is 13.8. The molecule has 2 aromatic rings.